The van der Waals surface area contributed by atoms with Crippen LogP contribution in [-0.2, 0) is 13.2 Å². The number of pyridine rings is 2. The van der Waals surface area contributed by atoms with Gasteiger partial charge >= 0.3 is 0 Å². The fourth-order valence-corrected chi connectivity index (χ4v) is 1.41. The molecule has 0 spiro atoms. The van der Waals surface area contributed by atoms with Gasteiger partial charge in [-0.05, 0) is 24.6 Å². The maximum Gasteiger partial charge on any atom is 0.213 e. The minimum atomic E-state index is 0.459. The number of nitrogens with zero attached hydrogens (tertiary/aromatic N) is 2. The van der Waals surface area contributed by atoms with Gasteiger partial charge < -0.3 is 10.5 Å². The lowest BCUT2D eigenvalue weighted by Crippen LogP contribution is -2.02. The van der Waals surface area contributed by atoms with Crippen LogP contribution in [0.5, 0.6) is 5.88 Å². The zero-order chi connectivity index (χ0) is 12.1. The molecule has 88 valence electrons. The number of ether oxygens (including phenoxy) is 1. The van der Waals surface area contributed by atoms with Gasteiger partial charge in [-0.2, -0.15) is 0 Å². The summed E-state index contributed by atoms with van der Waals surface area (Å²) in [5.41, 5.74) is 8.49. The van der Waals surface area contributed by atoms with E-state index in [2.05, 4.69) is 9.97 Å². The first kappa shape index (κ1) is 11.5. The molecule has 0 aliphatic heterocycles. The lowest BCUT2D eigenvalue weighted by Gasteiger charge is -2.05. The molecule has 0 bridgehead atoms. The van der Waals surface area contributed by atoms with Crippen molar-refractivity contribution in [1.29, 1.82) is 0 Å². The summed E-state index contributed by atoms with van der Waals surface area (Å²) in [4.78, 5) is 8.33. The fourth-order valence-electron chi connectivity index (χ4n) is 1.41. The van der Waals surface area contributed by atoms with Gasteiger partial charge in [-0.1, -0.05) is 6.07 Å². The molecule has 17 heavy (non-hydrogen) atoms. The monoisotopic (exact) mass is 229 g/mol. The molecule has 2 aromatic rings. The summed E-state index contributed by atoms with van der Waals surface area (Å²) in [7, 11) is 0. The van der Waals surface area contributed by atoms with Crippen molar-refractivity contribution in [3.05, 3.63) is 53.5 Å². The molecule has 0 aromatic carbocycles. The maximum absolute atomic E-state index is 5.56. The molecule has 2 heterocycles. The van der Waals surface area contributed by atoms with Crippen molar-refractivity contribution in [3.63, 3.8) is 0 Å². The Labute approximate surface area is 100 Å². The third-order valence-electron chi connectivity index (χ3n) is 2.37. The van der Waals surface area contributed by atoms with Crippen LogP contribution in [0.4, 0.5) is 0 Å². The Hall–Kier alpha value is -1.94. The highest BCUT2D eigenvalue weighted by Crippen LogP contribution is 2.10. The molecule has 0 saturated carbocycles. The van der Waals surface area contributed by atoms with Gasteiger partial charge in [0.05, 0.1) is 5.69 Å². The van der Waals surface area contributed by atoms with Crippen LogP contribution >= 0.6 is 0 Å². The van der Waals surface area contributed by atoms with Gasteiger partial charge in [-0.3, -0.25) is 4.98 Å². The maximum atomic E-state index is 5.56. The lowest BCUT2D eigenvalue weighted by atomic mass is 10.2. The predicted octanol–water partition coefficient (Wildman–Crippen LogP) is 1.82. The Kier molecular flexibility index (Phi) is 3.67. The third kappa shape index (κ3) is 3.26. The van der Waals surface area contributed by atoms with Crippen LogP contribution in [0.1, 0.15) is 16.8 Å². The van der Waals surface area contributed by atoms with Gasteiger partial charge in [-0.25, -0.2) is 4.98 Å². The van der Waals surface area contributed by atoms with Crippen LogP contribution in [-0.4, -0.2) is 9.97 Å². The third-order valence-corrected chi connectivity index (χ3v) is 2.37. The smallest absolute Gasteiger partial charge is 0.213 e. The number of rotatable bonds is 4. The Morgan fingerprint density at radius 3 is 2.76 bits per heavy atom. The summed E-state index contributed by atoms with van der Waals surface area (Å²) in [6.45, 7) is 2.93. The second-order valence-electron chi connectivity index (χ2n) is 3.82. The van der Waals surface area contributed by atoms with E-state index in [1.165, 1.54) is 0 Å². The molecule has 2 N–H and O–H groups in total. The Morgan fingerprint density at radius 1 is 1.24 bits per heavy atom. The standard InChI is InChI=1S/C13H15N3O/c1-10-4-5-15-13(6-10)17-9-11-2-3-12(7-14)16-8-11/h2-6,8H,7,9,14H2,1H3. The molecule has 4 nitrogen and oxygen atoms in total. The van der Waals surface area contributed by atoms with Crippen molar-refractivity contribution in [1.82, 2.24) is 9.97 Å². The minimum absolute atomic E-state index is 0.459. The quantitative estimate of drug-likeness (QED) is 0.868. The summed E-state index contributed by atoms with van der Waals surface area (Å²) in [6, 6.07) is 7.71. The molecule has 0 aliphatic carbocycles. The zero-order valence-corrected chi connectivity index (χ0v) is 9.76. The molecule has 0 radical (unpaired) electrons. The van der Waals surface area contributed by atoms with E-state index in [-0.39, 0.29) is 0 Å². The molecule has 0 saturated heterocycles. The van der Waals surface area contributed by atoms with Crippen molar-refractivity contribution in [2.75, 3.05) is 0 Å². The molecular formula is C13H15N3O. The largest absolute Gasteiger partial charge is 0.473 e. The van der Waals surface area contributed by atoms with E-state index in [0.29, 0.717) is 19.0 Å². The van der Waals surface area contributed by atoms with E-state index in [9.17, 15) is 0 Å². The summed E-state index contributed by atoms with van der Waals surface area (Å²) in [6.07, 6.45) is 3.51. The average molecular weight is 229 g/mol. The summed E-state index contributed by atoms with van der Waals surface area (Å²) >= 11 is 0. The normalized spacial score (nSPS) is 10.2. The van der Waals surface area contributed by atoms with Crippen LogP contribution in [0, 0.1) is 6.92 Å². The first-order valence-corrected chi connectivity index (χ1v) is 5.47. The molecule has 0 aliphatic rings. The molecule has 0 amide bonds. The number of hydrogen-bond acceptors (Lipinski definition) is 4. The highest BCUT2D eigenvalue weighted by atomic mass is 16.5. The van der Waals surface area contributed by atoms with E-state index < -0.39 is 0 Å². The summed E-state index contributed by atoms with van der Waals surface area (Å²) in [5.74, 6) is 0.632. The first-order chi connectivity index (χ1) is 8.28. The highest BCUT2D eigenvalue weighted by Gasteiger charge is 1.98. The summed E-state index contributed by atoms with van der Waals surface area (Å²) in [5, 5.41) is 0. The molecule has 0 fully saturated rings. The lowest BCUT2D eigenvalue weighted by molar-refractivity contribution is 0.293. The second kappa shape index (κ2) is 5.41. The van der Waals surface area contributed by atoms with E-state index in [1.54, 1.807) is 12.4 Å². The van der Waals surface area contributed by atoms with Crippen molar-refractivity contribution in [2.45, 2.75) is 20.1 Å². The number of aryl methyl sites for hydroxylation is 1. The van der Waals surface area contributed by atoms with Gasteiger partial charge in [0.15, 0.2) is 0 Å². The van der Waals surface area contributed by atoms with Gasteiger partial charge in [0.25, 0.3) is 0 Å². The number of aromatic nitrogens is 2. The van der Waals surface area contributed by atoms with E-state index in [0.717, 1.165) is 16.8 Å². The SMILES string of the molecule is Cc1ccnc(OCc2ccc(CN)nc2)c1. The van der Waals surface area contributed by atoms with E-state index >= 15 is 0 Å². The number of nitrogens with two attached hydrogens (primary N) is 1. The van der Waals surface area contributed by atoms with Crippen molar-refractivity contribution in [3.8, 4) is 5.88 Å². The zero-order valence-electron chi connectivity index (χ0n) is 9.76. The van der Waals surface area contributed by atoms with Crippen molar-refractivity contribution >= 4 is 0 Å². The molecule has 0 atom stereocenters. The van der Waals surface area contributed by atoms with Crippen molar-refractivity contribution < 1.29 is 4.74 Å². The van der Waals surface area contributed by atoms with Crippen LogP contribution in [0.15, 0.2) is 36.7 Å². The van der Waals surface area contributed by atoms with Crippen LogP contribution in [0.25, 0.3) is 0 Å². The topological polar surface area (TPSA) is 61.0 Å². The highest BCUT2D eigenvalue weighted by molar-refractivity contribution is 5.19. The van der Waals surface area contributed by atoms with Crippen LogP contribution in [0.3, 0.4) is 0 Å². The van der Waals surface area contributed by atoms with Crippen molar-refractivity contribution in [2.24, 2.45) is 5.73 Å². The molecule has 2 rings (SSSR count). The molecule has 2 aromatic heterocycles. The molecule has 4 heteroatoms. The first-order valence-electron chi connectivity index (χ1n) is 5.47. The fraction of sp³-hybridized carbons (Fsp3) is 0.231. The van der Waals surface area contributed by atoms with Gasteiger partial charge in [-0.15, -0.1) is 0 Å². The Bertz CT molecular complexity index is 482. The second-order valence-corrected chi connectivity index (χ2v) is 3.82. The summed E-state index contributed by atoms with van der Waals surface area (Å²) < 4.78 is 5.56. The average Bonchev–Trinajstić information content (AvgIpc) is 2.37. The van der Waals surface area contributed by atoms with Gasteiger partial charge in [0.1, 0.15) is 6.61 Å². The Morgan fingerprint density at radius 2 is 2.12 bits per heavy atom. The van der Waals surface area contributed by atoms with E-state index in [4.69, 9.17) is 10.5 Å². The van der Waals surface area contributed by atoms with E-state index in [1.807, 2.05) is 31.2 Å². The van der Waals surface area contributed by atoms with Crippen LogP contribution < -0.4 is 10.5 Å². The molecular weight excluding hydrogens is 214 g/mol. The minimum Gasteiger partial charge on any atom is -0.473 e. The molecule has 0 unspecified atom stereocenters. The van der Waals surface area contributed by atoms with Gasteiger partial charge in [0.2, 0.25) is 5.88 Å². The Balaban J connectivity index is 1.97. The number of hydrogen-bond donors (Lipinski definition) is 1. The predicted molar refractivity (Wildman–Crippen MR) is 65.4 cm³/mol. The van der Waals surface area contributed by atoms with Crippen LogP contribution in [0.2, 0.25) is 0 Å². The van der Waals surface area contributed by atoms with Gasteiger partial charge in [0, 0.05) is 30.6 Å².